The van der Waals surface area contributed by atoms with Crippen molar-refractivity contribution in [3.63, 3.8) is 0 Å². The standard InChI is InChI=1S/C16H8N6O2S/c17-8-11(9-18)14(10-19)21-12-3-5-13(6-4-12)25-16-15(22(23)24)2-1-7-20-16/h1-7,21H. The van der Waals surface area contributed by atoms with E-state index in [1.165, 1.54) is 18.3 Å². The maximum Gasteiger partial charge on any atom is 0.301 e. The second-order valence-corrected chi connectivity index (χ2v) is 5.48. The lowest BCUT2D eigenvalue weighted by atomic mass is 10.2. The van der Waals surface area contributed by atoms with Crippen LogP contribution in [0.1, 0.15) is 0 Å². The van der Waals surface area contributed by atoms with Gasteiger partial charge in [-0.25, -0.2) is 4.98 Å². The lowest BCUT2D eigenvalue weighted by Gasteiger charge is -2.06. The van der Waals surface area contributed by atoms with E-state index in [9.17, 15) is 10.1 Å². The van der Waals surface area contributed by atoms with Crippen LogP contribution >= 0.6 is 11.8 Å². The minimum Gasteiger partial charge on any atom is -0.345 e. The molecule has 0 amide bonds. The van der Waals surface area contributed by atoms with Gasteiger partial charge < -0.3 is 5.32 Å². The Hall–Kier alpha value is -3.87. The zero-order valence-corrected chi connectivity index (χ0v) is 13.3. The Morgan fingerprint density at radius 2 is 1.80 bits per heavy atom. The normalized spacial score (nSPS) is 9.16. The highest BCUT2D eigenvalue weighted by molar-refractivity contribution is 7.99. The molecule has 1 aromatic carbocycles. The number of allylic oxidation sites excluding steroid dienone is 2. The maximum atomic E-state index is 11.0. The smallest absolute Gasteiger partial charge is 0.301 e. The van der Waals surface area contributed by atoms with Crippen LogP contribution < -0.4 is 5.32 Å². The predicted molar refractivity (Wildman–Crippen MR) is 88.9 cm³/mol. The molecule has 120 valence electrons. The van der Waals surface area contributed by atoms with Crippen LogP contribution in [0.15, 0.2) is 63.8 Å². The maximum absolute atomic E-state index is 11.0. The van der Waals surface area contributed by atoms with E-state index in [1.54, 1.807) is 42.5 Å². The van der Waals surface area contributed by atoms with E-state index < -0.39 is 4.92 Å². The summed E-state index contributed by atoms with van der Waals surface area (Å²) in [5, 5.41) is 40.6. The highest BCUT2D eigenvalue weighted by atomic mass is 32.2. The molecule has 0 aliphatic heterocycles. The lowest BCUT2D eigenvalue weighted by molar-refractivity contribution is -0.388. The molecule has 1 N–H and O–H groups in total. The van der Waals surface area contributed by atoms with E-state index in [2.05, 4.69) is 10.3 Å². The number of pyridine rings is 1. The second kappa shape index (κ2) is 8.11. The van der Waals surface area contributed by atoms with Crippen molar-refractivity contribution < 1.29 is 4.92 Å². The van der Waals surface area contributed by atoms with Crippen molar-refractivity contribution in [2.45, 2.75) is 9.92 Å². The van der Waals surface area contributed by atoms with Gasteiger partial charge >= 0.3 is 5.69 Å². The summed E-state index contributed by atoms with van der Waals surface area (Å²) in [5.41, 5.74) is -0.0488. The molecule has 0 bridgehead atoms. The van der Waals surface area contributed by atoms with Gasteiger partial charge in [0.25, 0.3) is 0 Å². The number of hydrogen-bond acceptors (Lipinski definition) is 8. The van der Waals surface area contributed by atoms with E-state index in [0.717, 1.165) is 11.8 Å². The first-order chi connectivity index (χ1) is 12.1. The second-order valence-electron chi connectivity index (χ2n) is 4.42. The number of anilines is 1. The lowest BCUT2D eigenvalue weighted by Crippen LogP contribution is -2.00. The number of nitriles is 3. The number of nitro groups is 1. The molecule has 2 rings (SSSR count). The Morgan fingerprint density at radius 3 is 2.36 bits per heavy atom. The molecule has 0 aliphatic carbocycles. The topological polar surface area (TPSA) is 139 Å². The number of rotatable bonds is 5. The predicted octanol–water partition coefficient (Wildman–Crippen LogP) is 3.38. The molecule has 0 unspecified atom stereocenters. The first kappa shape index (κ1) is 17.5. The molecular formula is C16H8N6O2S. The molecule has 1 aromatic heterocycles. The monoisotopic (exact) mass is 348 g/mol. The quantitative estimate of drug-likeness (QED) is 0.492. The fraction of sp³-hybridized carbons (Fsp3) is 0. The number of nitrogens with one attached hydrogen (secondary N) is 1. The van der Waals surface area contributed by atoms with Gasteiger partial charge in [0.2, 0.25) is 0 Å². The minimum atomic E-state index is -0.499. The largest absolute Gasteiger partial charge is 0.345 e. The Morgan fingerprint density at radius 1 is 1.12 bits per heavy atom. The third-order valence-electron chi connectivity index (χ3n) is 2.87. The van der Waals surface area contributed by atoms with Crippen LogP contribution in [0.5, 0.6) is 0 Å². The third kappa shape index (κ3) is 4.32. The Bertz CT molecular complexity index is 948. The van der Waals surface area contributed by atoms with Gasteiger partial charge in [0, 0.05) is 22.8 Å². The summed E-state index contributed by atoms with van der Waals surface area (Å²) < 4.78 is 0. The van der Waals surface area contributed by atoms with E-state index in [-0.39, 0.29) is 22.0 Å². The van der Waals surface area contributed by atoms with E-state index >= 15 is 0 Å². The molecule has 0 aliphatic rings. The molecule has 0 atom stereocenters. The summed E-state index contributed by atoms with van der Waals surface area (Å²) >= 11 is 1.13. The molecule has 9 heteroatoms. The van der Waals surface area contributed by atoms with Crippen molar-refractivity contribution in [3.8, 4) is 18.2 Å². The average Bonchev–Trinajstić information content (AvgIpc) is 2.63. The fourth-order valence-electron chi connectivity index (χ4n) is 1.75. The molecule has 0 saturated heterocycles. The van der Waals surface area contributed by atoms with Crippen molar-refractivity contribution in [1.82, 2.24) is 4.98 Å². The SMILES string of the molecule is N#CC(C#N)=C(C#N)Nc1ccc(Sc2ncccc2[N+](=O)[O-])cc1. The van der Waals surface area contributed by atoms with Crippen molar-refractivity contribution in [2.75, 3.05) is 5.32 Å². The van der Waals surface area contributed by atoms with Crippen molar-refractivity contribution >= 4 is 23.1 Å². The van der Waals surface area contributed by atoms with Gasteiger partial charge in [-0.2, -0.15) is 15.8 Å². The Kier molecular flexibility index (Phi) is 5.67. The van der Waals surface area contributed by atoms with E-state index in [0.29, 0.717) is 10.6 Å². The molecule has 0 radical (unpaired) electrons. The van der Waals surface area contributed by atoms with E-state index in [4.69, 9.17) is 15.8 Å². The van der Waals surface area contributed by atoms with Gasteiger partial charge in [-0.1, -0.05) is 11.8 Å². The van der Waals surface area contributed by atoms with Gasteiger partial charge in [0.1, 0.15) is 23.9 Å². The van der Waals surface area contributed by atoms with Gasteiger partial charge in [0.15, 0.2) is 10.6 Å². The highest BCUT2D eigenvalue weighted by Crippen LogP contribution is 2.33. The molecule has 0 fully saturated rings. The highest BCUT2D eigenvalue weighted by Gasteiger charge is 2.15. The fourth-order valence-corrected chi connectivity index (χ4v) is 2.60. The average molecular weight is 348 g/mol. The van der Waals surface area contributed by atoms with Gasteiger partial charge in [-0.15, -0.1) is 0 Å². The molecule has 0 spiro atoms. The number of nitrogens with zero attached hydrogens (tertiary/aromatic N) is 5. The Balaban J connectivity index is 2.21. The van der Waals surface area contributed by atoms with Crippen LogP contribution in [0.2, 0.25) is 0 Å². The molecule has 25 heavy (non-hydrogen) atoms. The summed E-state index contributed by atoms with van der Waals surface area (Å²) in [4.78, 5) is 15.2. The van der Waals surface area contributed by atoms with Gasteiger partial charge in [-0.3, -0.25) is 10.1 Å². The summed E-state index contributed by atoms with van der Waals surface area (Å²) in [6.07, 6.45) is 1.47. The molecule has 2 aromatic rings. The molecular weight excluding hydrogens is 340 g/mol. The summed E-state index contributed by atoms with van der Waals surface area (Å²) in [7, 11) is 0. The van der Waals surface area contributed by atoms with Crippen LogP contribution in [0.25, 0.3) is 0 Å². The van der Waals surface area contributed by atoms with Gasteiger partial charge in [-0.05, 0) is 30.3 Å². The van der Waals surface area contributed by atoms with Crippen molar-refractivity contribution in [2.24, 2.45) is 0 Å². The zero-order chi connectivity index (χ0) is 18.2. The Labute approximate surface area is 146 Å². The van der Waals surface area contributed by atoms with E-state index in [1.807, 2.05) is 0 Å². The number of aromatic nitrogens is 1. The van der Waals surface area contributed by atoms with Crippen LogP contribution in [-0.4, -0.2) is 9.91 Å². The van der Waals surface area contributed by atoms with Crippen molar-refractivity contribution in [1.29, 1.82) is 15.8 Å². The summed E-state index contributed by atoms with van der Waals surface area (Å²) in [6.45, 7) is 0. The first-order valence-corrected chi connectivity index (χ1v) is 7.49. The van der Waals surface area contributed by atoms with Crippen LogP contribution in [0.4, 0.5) is 11.4 Å². The molecule has 0 saturated carbocycles. The molecule has 8 nitrogen and oxygen atoms in total. The molecule has 1 heterocycles. The van der Waals surface area contributed by atoms with Crippen LogP contribution in [-0.2, 0) is 0 Å². The third-order valence-corrected chi connectivity index (χ3v) is 3.89. The zero-order valence-electron chi connectivity index (χ0n) is 12.5. The minimum absolute atomic E-state index is 0.0860. The van der Waals surface area contributed by atoms with Crippen LogP contribution in [0, 0.1) is 44.1 Å². The van der Waals surface area contributed by atoms with Crippen molar-refractivity contribution in [3.05, 3.63) is 64.0 Å². The summed E-state index contributed by atoms with van der Waals surface area (Å²) in [5.74, 6) is 0. The van der Waals surface area contributed by atoms with Gasteiger partial charge in [0.05, 0.1) is 4.92 Å². The summed E-state index contributed by atoms with van der Waals surface area (Å²) in [6, 6.07) is 14.5. The number of benzene rings is 1. The van der Waals surface area contributed by atoms with Crippen LogP contribution in [0.3, 0.4) is 0 Å². The first-order valence-electron chi connectivity index (χ1n) is 6.68. The number of hydrogen-bond donors (Lipinski definition) is 1.